The summed E-state index contributed by atoms with van der Waals surface area (Å²) in [5, 5.41) is 57.1. The van der Waals surface area contributed by atoms with Crippen molar-refractivity contribution in [1.29, 1.82) is 0 Å². The van der Waals surface area contributed by atoms with Crippen LogP contribution in [0.25, 0.3) is 0 Å². The molecular weight excluding hydrogens is 835 g/mol. The number of nitrogens with one attached hydrogen (secondary N) is 4. The van der Waals surface area contributed by atoms with E-state index in [1.165, 1.54) is 46.1 Å². The number of fused-ring (bicyclic) bond motifs is 3. The van der Waals surface area contributed by atoms with E-state index in [2.05, 4.69) is 21.3 Å². The van der Waals surface area contributed by atoms with Gasteiger partial charge in [-0.05, 0) is 58.4 Å². The monoisotopic (exact) mass is 895 g/mol. The number of aliphatic hydroxyl groups excluding tert-OH is 1. The van der Waals surface area contributed by atoms with Crippen LogP contribution in [0.3, 0.4) is 0 Å². The smallest absolute Gasteiger partial charge is 0.243 e. The standard InChI is InChI=1S/C45H61N5O14/c1-18(2)13-27(49-41(57)20(5)46)43(59)47-21(6)42(58)50-28(14-19(3)4)44(60)48-26-15-31(63-22(7)36(26)52)64-30-17-45(61,23(8)51)16-25-33(30)40(56)35-34(38(25)54)37(53)24-11-10-12-29(62-9)32(24)39(35)55/h10-12,18-22,26-28,30-31,36,52,54,56,61H,13-17,46H2,1-9H3,(H,47,59)(H,48,60)(H,49,57)(H,50,58). The molecule has 4 amide bonds. The summed E-state index contributed by atoms with van der Waals surface area (Å²) in [7, 11) is 1.31. The number of hydrogen-bond acceptors (Lipinski definition) is 15. The molecule has 19 nitrogen and oxygen atoms in total. The van der Waals surface area contributed by atoms with Crippen LogP contribution in [-0.4, -0.2) is 123 Å². The Hall–Kier alpha value is -5.47. The Balaban J connectivity index is 1.38. The van der Waals surface area contributed by atoms with Crippen LogP contribution in [0.1, 0.15) is 130 Å². The highest BCUT2D eigenvalue weighted by Crippen LogP contribution is 2.52. The fourth-order valence-electron chi connectivity index (χ4n) is 8.44. The van der Waals surface area contributed by atoms with Crippen LogP contribution in [0, 0.1) is 11.8 Å². The highest BCUT2D eigenvalue weighted by Gasteiger charge is 2.50. The van der Waals surface area contributed by atoms with Crippen molar-refractivity contribution in [1.82, 2.24) is 21.3 Å². The summed E-state index contributed by atoms with van der Waals surface area (Å²) in [5.74, 6) is -6.35. The van der Waals surface area contributed by atoms with Gasteiger partial charge in [0.2, 0.25) is 29.4 Å². The van der Waals surface area contributed by atoms with Crippen LogP contribution in [0.15, 0.2) is 18.2 Å². The molecule has 19 heteroatoms. The van der Waals surface area contributed by atoms with Crippen molar-refractivity contribution in [3.63, 3.8) is 0 Å². The van der Waals surface area contributed by atoms with Gasteiger partial charge in [-0.25, -0.2) is 0 Å². The van der Waals surface area contributed by atoms with Crippen molar-refractivity contribution in [2.45, 2.75) is 148 Å². The first kappa shape index (κ1) is 49.5. The molecule has 64 heavy (non-hydrogen) atoms. The molecule has 10 unspecified atom stereocenters. The number of amides is 4. The average Bonchev–Trinajstić information content (AvgIpc) is 3.21. The zero-order valence-electron chi connectivity index (χ0n) is 37.6. The van der Waals surface area contributed by atoms with Crippen molar-refractivity contribution in [2.24, 2.45) is 17.6 Å². The van der Waals surface area contributed by atoms with Gasteiger partial charge in [-0.15, -0.1) is 0 Å². The third kappa shape index (κ3) is 10.2. The number of benzene rings is 2. The number of ether oxygens (including phenoxy) is 3. The molecule has 0 bridgehead atoms. The first-order chi connectivity index (χ1) is 29.9. The van der Waals surface area contributed by atoms with E-state index in [0.29, 0.717) is 0 Å². The quantitative estimate of drug-likeness (QED) is 0.0910. The zero-order valence-corrected chi connectivity index (χ0v) is 37.6. The minimum atomic E-state index is -2.17. The Morgan fingerprint density at radius 2 is 1.45 bits per heavy atom. The largest absolute Gasteiger partial charge is 0.507 e. The topological polar surface area (TPSA) is 302 Å². The number of methoxy groups -OCH3 is 1. The Morgan fingerprint density at radius 3 is 2.03 bits per heavy atom. The van der Waals surface area contributed by atoms with Crippen LogP contribution in [0.2, 0.25) is 0 Å². The van der Waals surface area contributed by atoms with E-state index in [-0.39, 0.29) is 59.1 Å². The summed E-state index contributed by atoms with van der Waals surface area (Å²) in [6.07, 6.45) is -5.89. The van der Waals surface area contributed by atoms with Crippen molar-refractivity contribution >= 4 is 41.0 Å². The highest BCUT2D eigenvalue weighted by molar-refractivity contribution is 6.31. The first-order valence-electron chi connectivity index (χ1n) is 21.5. The second kappa shape index (κ2) is 19.7. The minimum Gasteiger partial charge on any atom is -0.507 e. The number of carbonyl (C=O) groups excluding carboxylic acids is 7. The summed E-state index contributed by atoms with van der Waals surface area (Å²) in [4.78, 5) is 93.8. The summed E-state index contributed by atoms with van der Waals surface area (Å²) < 4.78 is 17.7. The Morgan fingerprint density at radius 1 is 0.859 bits per heavy atom. The lowest BCUT2D eigenvalue weighted by atomic mass is 9.72. The van der Waals surface area contributed by atoms with E-state index in [0.717, 1.165) is 6.92 Å². The molecule has 1 saturated heterocycles. The lowest BCUT2D eigenvalue weighted by molar-refractivity contribution is -0.249. The lowest BCUT2D eigenvalue weighted by Gasteiger charge is -2.43. The molecule has 5 rings (SSSR count). The molecule has 1 fully saturated rings. The Kier molecular flexibility index (Phi) is 15.3. The van der Waals surface area contributed by atoms with Crippen molar-refractivity contribution in [2.75, 3.05) is 7.11 Å². The molecule has 1 aliphatic heterocycles. The minimum absolute atomic E-state index is 0.00939. The Labute approximate surface area is 371 Å². The number of aliphatic hydroxyl groups is 2. The number of rotatable bonds is 16. The number of hydrogen-bond donors (Lipinski definition) is 9. The number of phenols is 2. The van der Waals surface area contributed by atoms with Gasteiger partial charge in [0.25, 0.3) is 0 Å². The number of phenolic OH excluding ortho intramolecular Hbond substituents is 2. The van der Waals surface area contributed by atoms with Crippen molar-refractivity contribution in [3.8, 4) is 17.2 Å². The molecule has 1 heterocycles. The summed E-state index contributed by atoms with van der Waals surface area (Å²) in [6, 6.07) is -0.868. The van der Waals surface area contributed by atoms with Gasteiger partial charge in [-0.3, -0.25) is 33.6 Å². The highest BCUT2D eigenvalue weighted by atomic mass is 16.7. The van der Waals surface area contributed by atoms with E-state index >= 15 is 0 Å². The molecule has 10 atom stereocenters. The predicted molar refractivity (Wildman–Crippen MR) is 228 cm³/mol. The van der Waals surface area contributed by atoms with E-state index in [1.54, 1.807) is 0 Å². The van der Waals surface area contributed by atoms with Gasteiger partial charge in [0, 0.05) is 36.0 Å². The fourth-order valence-corrected chi connectivity index (χ4v) is 8.44. The summed E-state index contributed by atoms with van der Waals surface area (Å²) in [5.41, 5.74) is 1.90. The SMILES string of the molecule is COc1cccc2c1C(=O)c1c(O)c3c(c(O)c1C2=O)CC(O)(C(C)=O)CC3OC1CC(NC(=O)C(CC(C)C)NC(=O)C(C)NC(=O)C(CC(C)C)NC(=O)C(C)N)C(O)C(C)O1. The number of nitrogens with two attached hydrogens (primary N) is 1. The second-order valence-corrected chi connectivity index (χ2v) is 18.0. The van der Waals surface area contributed by atoms with Gasteiger partial charge in [-0.2, -0.15) is 0 Å². The molecule has 2 aliphatic carbocycles. The third-order valence-electron chi connectivity index (χ3n) is 11.9. The normalized spacial score (nSPS) is 24.6. The number of ketones is 3. The van der Waals surface area contributed by atoms with Crippen LogP contribution in [0.5, 0.6) is 17.2 Å². The third-order valence-corrected chi connectivity index (χ3v) is 11.9. The van der Waals surface area contributed by atoms with Gasteiger partial charge < -0.3 is 61.6 Å². The summed E-state index contributed by atoms with van der Waals surface area (Å²) in [6.45, 7) is 12.9. The maximum atomic E-state index is 14.0. The van der Waals surface area contributed by atoms with Crippen molar-refractivity contribution < 1.29 is 68.2 Å². The predicted octanol–water partition coefficient (Wildman–Crippen LogP) is 1.10. The summed E-state index contributed by atoms with van der Waals surface area (Å²) >= 11 is 0. The van der Waals surface area contributed by atoms with Crippen molar-refractivity contribution in [3.05, 3.63) is 51.6 Å². The van der Waals surface area contributed by atoms with Crippen LogP contribution in [-0.2, 0) is 39.9 Å². The molecule has 0 spiro atoms. The fraction of sp³-hybridized carbons (Fsp3) is 0.578. The molecule has 0 radical (unpaired) electrons. The van der Waals surface area contributed by atoms with Crippen LogP contribution >= 0.6 is 0 Å². The number of carbonyl (C=O) groups is 7. The molecule has 0 saturated carbocycles. The average molecular weight is 896 g/mol. The van der Waals surface area contributed by atoms with E-state index in [9.17, 15) is 54.0 Å². The second-order valence-electron chi connectivity index (χ2n) is 18.0. The molecule has 3 aliphatic rings. The number of Topliss-reactive ketones (excluding diaryl/α,β-unsaturated/α-hetero) is 1. The van der Waals surface area contributed by atoms with Gasteiger partial charge in [0.15, 0.2) is 17.9 Å². The lowest BCUT2D eigenvalue weighted by Crippen LogP contribution is -2.60. The van der Waals surface area contributed by atoms with Crippen LogP contribution < -0.4 is 31.7 Å². The molecular formula is C45H61N5O14. The van der Waals surface area contributed by atoms with E-state index in [4.69, 9.17) is 19.9 Å². The molecule has 2 aromatic rings. The Bertz CT molecular complexity index is 2190. The molecule has 10 N–H and O–H groups in total. The number of aromatic hydroxyl groups is 2. The maximum absolute atomic E-state index is 14.0. The first-order valence-corrected chi connectivity index (χ1v) is 21.5. The van der Waals surface area contributed by atoms with Gasteiger partial charge in [0.1, 0.15) is 47.1 Å². The zero-order chi connectivity index (χ0) is 47.7. The molecule has 350 valence electrons. The van der Waals surface area contributed by atoms with Gasteiger partial charge in [-0.1, -0.05) is 39.8 Å². The molecule has 0 aromatic heterocycles. The maximum Gasteiger partial charge on any atom is 0.243 e. The van der Waals surface area contributed by atoms with Gasteiger partial charge >= 0.3 is 0 Å². The van der Waals surface area contributed by atoms with Crippen LogP contribution in [0.4, 0.5) is 0 Å². The van der Waals surface area contributed by atoms with E-state index < -0.39 is 137 Å². The van der Waals surface area contributed by atoms with E-state index in [1.807, 2.05) is 27.7 Å². The molecule has 2 aromatic carbocycles. The van der Waals surface area contributed by atoms with Gasteiger partial charge in [0.05, 0.1) is 48.1 Å².